The van der Waals surface area contributed by atoms with Crippen molar-refractivity contribution in [2.24, 2.45) is 0 Å². The Morgan fingerprint density at radius 3 is 1.87 bits per heavy atom. The van der Waals surface area contributed by atoms with Gasteiger partial charge in [0, 0.05) is 31.1 Å². The molecule has 3 unspecified atom stereocenters. The highest BCUT2D eigenvalue weighted by Gasteiger charge is 2.71. The van der Waals surface area contributed by atoms with Crippen molar-refractivity contribution in [1.82, 2.24) is 19.3 Å². The molecule has 3 heterocycles. The Morgan fingerprint density at radius 2 is 1.43 bits per heavy atom. The maximum absolute atomic E-state index is 15.0. The van der Waals surface area contributed by atoms with Crippen LogP contribution >= 0.6 is 11.8 Å². The summed E-state index contributed by atoms with van der Waals surface area (Å²) in [4.78, 5) is 39.1. The van der Waals surface area contributed by atoms with E-state index in [-0.39, 0.29) is 11.3 Å². The molecule has 1 aliphatic rings. The average Bonchev–Trinajstić information content (AvgIpc) is 3.47. The molecule has 0 bridgehead atoms. The minimum atomic E-state index is -2.00. The first-order valence-electron chi connectivity index (χ1n) is 15.6. The molecular formula is C37H40N4O3SSi. The highest BCUT2D eigenvalue weighted by atomic mass is 32.2. The standard InChI is InChI=1S/C37H40N4O3SSi/c1-26(42)44-32(30-25-40-23-22-38-24-31(40)39-30)37(46(5)6)33(43)41(35(2,3)4)34(37)45-36(27-16-10-7-11-17-27,28-18-12-8-13-19-28)29-20-14-9-15-21-29/h7-25,32,34,46H,1-6H3. The van der Waals surface area contributed by atoms with Gasteiger partial charge in [0.05, 0.1) is 25.1 Å². The molecular weight excluding hydrogens is 609 g/mol. The van der Waals surface area contributed by atoms with E-state index in [2.05, 4.69) is 112 Å². The largest absolute Gasteiger partial charge is 0.455 e. The van der Waals surface area contributed by atoms with E-state index in [1.807, 2.05) is 39.9 Å². The molecule has 0 radical (unpaired) electrons. The minimum Gasteiger partial charge on any atom is -0.455 e. The maximum atomic E-state index is 15.0. The van der Waals surface area contributed by atoms with E-state index in [0.717, 1.165) is 16.7 Å². The number of benzene rings is 3. The van der Waals surface area contributed by atoms with Crippen molar-refractivity contribution >= 4 is 38.1 Å². The van der Waals surface area contributed by atoms with Gasteiger partial charge in [0.1, 0.15) is 10.7 Å². The molecule has 0 spiro atoms. The number of imidazole rings is 1. The topological polar surface area (TPSA) is 76.8 Å². The van der Waals surface area contributed by atoms with Crippen LogP contribution in [-0.2, 0) is 19.1 Å². The molecule has 6 rings (SSSR count). The first-order valence-corrected chi connectivity index (χ1v) is 19.4. The Morgan fingerprint density at radius 1 is 0.913 bits per heavy atom. The quantitative estimate of drug-likeness (QED) is 0.0725. The van der Waals surface area contributed by atoms with Gasteiger partial charge in [-0.05, 0) is 37.5 Å². The van der Waals surface area contributed by atoms with E-state index in [1.54, 1.807) is 24.2 Å². The zero-order valence-electron chi connectivity index (χ0n) is 27.1. The Balaban J connectivity index is 1.64. The van der Waals surface area contributed by atoms with Gasteiger partial charge in [0.15, 0.2) is 11.8 Å². The zero-order chi connectivity index (χ0) is 32.7. The number of carbonyl (C=O) groups excluding carboxylic acids is 2. The average molecular weight is 649 g/mol. The molecule has 46 heavy (non-hydrogen) atoms. The van der Waals surface area contributed by atoms with Crippen molar-refractivity contribution in [2.45, 2.75) is 67.6 Å². The summed E-state index contributed by atoms with van der Waals surface area (Å²) < 4.78 is 7.43. The monoisotopic (exact) mass is 648 g/mol. The third kappa shape index (κ3) is 5.15. The number of thioether (sulfide) groups is 1. The van der Waals surface area contributed by atoms with Crippen molar-refractivity contribution in [3.63, 3.8) is 0 Å². The smallest absolute Gasteiger partial charge is 0.303 e. The van der Waals surface area contributed by atoms with Crippen LogP contribution in [0.5, 0.6) is 0 Å². The van der Waals surface area contributed by atoms with Gasteiger partial charge in [0.2, 0.25) is 5.91 Å². The fourth-order valence-corrected chi connectivity index (χ4v) is 12.2. The normalized spacial score (nSPS) is 19.2. The molecule has 7 nitrogen and oxygen atoms in total. The van der Waals surface area contributed by atoms with Gasteiger partial charge in [-0.15, -0.1) is 11.8 Å². The summed E-state index contributed by atoms with van der Waals surface area (Å²) >= 11 is 1.77. The number of fused-ring (bicyclic) bond motifs is 1. The fourth-order valence-electron chi connectivity index (χ4n) is 6.90. The van der Waals surface area contributed by atoms with E-state index in [1.165, 1.54) is 6.92 Å². The summed E-state index contributed by atoms with van der Waals surface area (Å²) in [5, 5.41) is -1.36. The number of esters is 1. The van der Waals surface area contributed by atoms with E-state index < -0.39 is 36.2 Å². The summed E-state index contributed by atoms with van der Waals surface area (Å²) in [5.74, 6) is -0.441. The molecule has 1 fully saturated rings. The summed E-state index contributed by atoms with van der Waals surface area (Å²) in [7, 11) is -2.00. The van der Waals surface area contributed by atoms with Gasteiger partial charge >= 0.3 is 5.97 Å². The van der Waals surface area contributed by atoms with Gasteiger partial charge in [-0.3, -0.25) is 14.6 Å². The molecule has 0 aliphatic carbocycles. The van der Waals surface area contributed by atoms with E-state index in [4.69, 9.17) is 9.72 Å². The predicted molar refractivity (Wildman–Crippen MR) is 186 cm³/mol. The summed E-state index contributed by atoms with van der Waals surface area (Å²) in [6, 6.07) is 31.5. The number of carbonyl (C=O) groups is 2. The summed E-state index contributed by atoms with van der Waals surface area (Å²) in [6.07, 6.45) is 6.18. The first-order chi connectivity index (χ1) is 22.0. The lowest BCUT2D eigenvalue weighted by molar-refractivity contribution is -0.172. The van der Waals surface area contributed by atoms with Gasteiger partial charge in [-0.25, -0.2) is 4.98 Å². The van der Waals surface area contributed by atoms with Crippen LogP contribution in [0.2, 0.25) is 18.1 Å². The van der Waals surface area contributed by atoms with Crippen molar-refractivity contribution in [3.05, 3.63) is 138 Å². The van der Waals surface area contributed by atoms with Crippen LogP contribution in [-0.4, -0.2) is 50.9 Å². The van der Waals surface area contributed by atoms with Crippen molar-refractivity contribution in [2.75, 3.05) is 0 Å². The van der Waals surface area contributed by atoms with Gasteiger partial charge in [0.25, 0.3) is 0 Å². The van der Waals surface area contributed by atoms with Crippen LogP contribution in [0, 0.1) is 0 Å². The number of nitrogens with zero attached hydrogens (tertiary/aromatic N) is 4. The molecule has 1 amide bonds. The van der Waals surface area contributed by atoms with Crippen LogP contribution in [0.4, 0.5) is 0 Å². The molecule has 9 heteroatoms. The highest BCUT2D eigenvalue weighted by Crippen LogP contribution is 2.67. The Kier molecular flexibility index (Phi) is 8.41. The summed E-state index contributed by atoms with van der Waals surface area (Å²) in [6.45, 7) is 12.0. The number of amides is 1. The van der Waals surface area contributed by atoms with Crippen molar-refractivity contribution in [1.29, 1.82) is 0 Å². The number of hydrogen-bond donors (Lipinski definition) is 0. The van der Waals surface area contributed by atoms with E-state index in [9.17, 15) is 9.59 Å². The minimum absolute atomic E-state index is 0.00341. The second-order valence-electron chi connectivity index (χ2n) is 13.2. The molecule has 3 aromatic carbocycles. The predicted octanol–water partition coefficient (Wildman–Crippen LogP) is 7.25. The van der Waals surface area contributed by atoms with Crippen LogP contribution < -0.4 is 0 Å². The molecule has 1 saturated heterocycles. The van der Waals surface area contributed by atoms with Crippen LogP contribution in [0.25, 0.3) is 5.65 Å². The Bertz CT molecular complexity index is 1710. The molecule has 0 saturated carbocycles. The van der Waals surface area contributed by atoms with E-state index in [0.29, 0.717) is 11.3 Å². The number of hydrogen-bond acceptors (Lipinski definition) is 6. The van der Waals surface area contributed by atoms with E-state index >= 15 is 0 Å². The second-order valence-corrected chi connectivity index (χ2v) is 17.7. The molecule has 1 aliphatic heterocycles. The zero-order valence-corrected chi connectivity index (χ0v) is 29.1. The Labute approximate surface area is 276 Å². The van der Waals surface area contributed by atoms with Gasteiger partial charge in [-0.1, -0.05) is 104 Å². The molecule has 3 atom stereocenters. The third-order valence-corrected chi connectivity index (χ3v) is 13.9. The van der Waals surface area contributed by atoms with Crippen LogP contribution in [0.15, 0.2) is 116 Å². The van der Waals surface area contributed by atoms with Gasteiger partial charge < -0.3 is 14.0 Å². The van der Waals surface area contributed by atoms with Crippen LogP contribution in [0.3, 0.4) is 0 Å². The number of rotatable bonds is 9. The molecule has 5 aromatic rings. The number of aromatic nitrogens is 3. The molecule has 236 valence electrons. The maximum Gasteiger partial charge on any atom is 0.303 e. The highest BCUT2D eigenvalue weighted by molar-refractivity contribution is 8.01. The SMILES string of the molecule is CC(=O)OC(c1cn2ccncc2n1)C1([SiH](C)C)C(=O)N(C(C)(C)C)C1SC(c1ccccc1)(c1ccccc1)c1ccccc1. The van der Waals surface area contributed by atoms with Crippen molar-refractivity contribution < 1.29 is 14.3 Å². The van der Waals surface area contributed by atoms with Gasteiger partial charge in [-0.2, -0.15) is 0 Å². The first kappa shape index (κ1) is 31.8. The lowest BCUT2D eigenvalue weighted by atomic mass is 9.83. The van der Waals surface area contributed by atoms with Crippen molar-refractivity contribution in [3.8, 4) is 0 Å². The summed E-state index contributed by atoms with van der Waals surface area (Å²) in [5.41, 5.74) is 4.00. The second kappa shape index (κ2) is 12.2. The molecule has 0 N–H and O–H groups in total. The Hall–Kier alpha value is -4.21. The van der Waals surface area contributed by atoms with Crippen LogP contribution in [0.1, 0.15) is 56.2 Å². The third-order valence-electron chi connectivity index (χ3n) is 9.01. The number of likely N-dealkylation sites (tertiary alicyclic amines) is 1. The number of β-lactam (4-membered cyclic amide) rings is 1. The lowest BCUT2D eigenvalue weighted by Crippen LogP contribution is -2.74. The number of ether oxygens (including phenoxy) is 1. The lowest BCUT2D eigenvalue weighted by Gasteiger charge is -2.64. The molecule has 2 aromatic heterocycles. The fraction of sp³-hybridized carbons (Fsp3) is 0.297.